The maximum atomic E-state index is 4.41. The van der Waals surface area contributed by atoms with Gasteiger partial charge in [0.15, 0.2) is 5.96 Å². The molecule has 1 aromatic carbocycles. The highest BCUT2D eigenvalue weighted by Crippen LogP contribution is 2.25. The predicted molar refractivity (Wildman–Crippen MR) is 120 cm³/mol. The van der Waals surface area contributed by atoms with Gasteiger partial charge in [0.1, 0.15) is 0 Å². The molecule has 25 heavy (non-hydrogen) atoms. The first-order chi connectivity index (χ1) is 11.9. The minimum atomic E-state index is 0. The van der Waals surface area contributed by atoms with Crippen LogP contribution in [0.25, 0.3) is 0 Å². The van der Waals surface area contributed by atoms with Crippen molar-refractivity contribution in [3.63, 3.8) is 0 Å². The van der Waals surface area contributed by atoms with E-state index in [0.717, 1.165) is 24.3 Å². The summed E-state index contributed by atoms with van der Waals surface area (Å²) in [6.07, 6.45) is 5.31. The van der Waals surface area contributed by atoms with Crippen LogP contribution in [0.3, 0.4) is 0 Å². The van der Waals surface area contributed by atoms with Gasteiger partial charge in [0, 0.05) is 25.4 Å². The molecule has 0 bridgehead atoms. The summed E-state index contributed by atoms with van der Waals surface area (Å²) in [4.78, 5) is 7.01. The van der Waals surface area contributed by atoms with Gasteiger partial charge >= 0.3 is 0 Å². The maximum absolute atomic E-state index is 4.41. The lowest BCUT2D eigenvalue weighted by atomic mass is 10.1. The molecule has 140 valence electrons. The zero-order valence-corrected chi connectivity index (χ0v) is 18.3. The van der Waals surface area contributed by atoms with Crippen molar-refractivity contribution in [1.29, 1.82) is 0 Å². The maximum Gasteiger partial charge on any atom is 0.191 e. The lowest BCUT2D eigenvalue weighted by Crippen LogP contribution is -2.44. The number of benzene rings is 1. The number of rotatable bonds is 6. The van der Waals surface area contributed by atoms with Crippen LogP contribution in [0.2, 0.25) is 0 Å². The zero-order chi connectivity index (χ0) is 16.6. The fourth-order valence-corrected chi connectivity index (χ4v) is 4.82. The Kier molecular flexibility index (Phi) is 9.41. The number of aliphatic imine (C=N–C) groups is 1. The number of thioether (sulfide) groups is 1. The van der Waals surface area contributed by atoms with E-state index in [0.29, 0.717) is 6.04 Å². The summed E-state index contributed by atoms with van der Waals surface area (Å²) in [5.74, 6) is 2.24. The van der Waals surface area contributed by atoms with E-state index in [4.69, 9.17) is 0 Å². The molecule has 2 saturated heterocycles. The van der Waals surface area contributed by atoms with Crippen molar-refractivity contribution >= 4 is 41.7 Å². The van der Waals surface area contributed by atoms with Crippen molar-refractivity contribution in [2.45, 2.75) is 37.0 Å². The van der Waals surface area contributed by atoms with Crippen molar-refractivity contribution in [1.82, 2.24) is 15.5 Å². The molecule has 1 aromatic rings. The van der Waals surface area contributed by atoms with Gasteiger partial charge in [-0.1, -0.05) is 30.3 Å². The van der Waals surface area contributed by atoms with Gasteiger partial charge in [0.05, 0.1) is 6.04 Å². The number of hydrogen-bond donors (Lipinski definition) is 2. The number of nitrogens with zero attached hydrogens (tertiary/aromatic N) is 2. The second-order valence-electron chi connectivity index (χ2n) is 6.64. The van der Waals surface area contributed by atoms with Crippen molar-refractivity contribution in [3.05, 3.63) is 35.9 Å². The quantitative estimate of drug-likeness (QED) is 0.376. The monoisotopic (exact) mass is 474 g/mol. The molecule has 0 aliphatic carbocycles. The zero-order valence-electron chi connectivity index (χ0n) is 15.1. The van der Waals surface area contributed by atoms with Crippen LogP contribution in [0.4, 0.5) is 0 Å². The number of guanidine groups is 1. The Hall–Kier alpha value is -0.470. The molecule has 2 N–H and O–H groups in total. The standard InChI is InChI=1S/C19H30N4S.HI/c1-20-19(21-14-17-10-7-13-24-17)22-15-18(23-11-5-6-12-23)16-8-3-2-4-9-16;/h2-4,8-9,17-18H,5-7,10-15H2,1H3,(H2,20,21,22);1H. The van der Waals surface area contributed by atoms with E-state index >= 15 is 0 Å². The number of likely N-dealkylation sites (tertiary alicyclic amines) is 1. The molecule has 2 aliphatic heterocycles. The Morgan fingerprint density at radius 1 is 1.20 bits per heavy atom. The average Bonchev–Trinajstić information content (AvgIpc) is 3.32. The molecule has 2 fully saturated rings. The van der Waals surface area contributed by atoms with Crippen LogP contribution in [0.1, 0.15) is 37.3 Å². The molecule has 0 saturated carbocycles. The van der Waals surface area contributed by atoms with Gasteiger partial charge in [-0.15, -0.1) is 24.0 Å². The molecule has 2 atom stereocenters. The molecule has 0 amide bonds. The average molecular weight is 474 g/mol. The Labute approximate surface area is 173 Å². The number of nitrogens with one attached hydrogen (secondary N) is 2. The van der Waals surface area contributed by atoms with Gasteiger partial charge in [-0.25, -0.2) is 0 Å². The normalized spacial score (nSPS) is 22.4. The molecule has 6 heteroatoms. The molecular weight excluding hydrogens is 443 g/mol. The minimum Gasteiger partial charge on any atom is -0.355 e. The molecular formula is C19H31IN4S. The summed E-state index contributed by atoms with van der Waals surface area (Å²) in [7, 11) is 1.87. The molecule has 4 nitrogen and oxygen atoms in total. The lowest BCUT2D eigenvalue weighted by Gasteiger charge is -2.29. The number of halogens is 1. The minimum absolute atomic E-state index is 0. The summed E-state index contributed by atoms with van der Waals surface area (Å²) < 4.78 is 0. The van der Waals surface area contributed by atoms with Gasteiger partial charge in [-0.2, -0.15) is 11.8 Å². The van der Waals surface area contributed by atoms with Crippen molar-refractivity contribution in [2.75, 3.05) is 39.0 Å². The van der Waals surface area contributed by atoms with Gasteiger partial charge < -0.3 is 10.6 Å². The molecule has 2 aliphatic rings. The second kappa shape index (κ2) is 11.3. The molecule has 0 aromatic heterocycles. The first kappa shape index (κ1) is 20.8. The van der Waals surface area contributed by atoms with Crippen LogP contribution in [0.5, 0.6) is 0 Å². The third kappa shape index (κ3) is 6.32. The second-order valence-corrected chi connectivity index (χ2v) is 8.05. The Bertz CT molecular complexity index is 513. The third-order valence-electron chi connectivity index (χ3n) is 4.97. The predicted octanol–water partition coefficient (Wildman–Crippen LogP) is 3.50. The SMILES string of the molecule is CN=C(NCC1CCCS1)NCC(c1ccccc1)N1CCCC1.I. The van der Waals surface area contributed by atoms with Crippen molar-refractivity contribution < 1.29 is 0 Å². The van der Waals surface area contributed by atoms with E-state index in [1.165, 1.54) is 50.1 Å². The molecule has 0 spiro atoms. The Morgan fingerprint density at radius 3 is 2.60 bits per heavy atom. The molecule has 3 rings (SSSR count). The number of hydrogen-bond acceptors (Lipinski definition) is 3. The Balaban J connectivity index is 0.00000225. The molecule has 2 unspecified atom stereocenters. The third-order valence-corrected chi connectivity index (χ3v) is 6.37. The summed E-state index contributed by atoms with van der Waals surface area (Å²) >= 11 is 2.08. The van der Waals surface area contributed by atoms with Crippen LogP contribution in [-0.4, -0.2) is 55.1 Å². The van der Waals surface area contributed by atoms with Gasteiger partial charge in [-0.3, -0.25) is 9.89 Å². The van der Waals surface area contributed by atoms with Crippen LogP contribution in [-0.2, 0) is 0 Å². The van der Waals surface area contributed by atoms with E-state index in [9.17, 15) is 0 Å². The smallest absolute Gasteiger partial charge is 0.191 e. The van der Waals surface area contributed by atoms with Crippen LogP contribution < -0.4 is 10.6 Å². The van der Waals surface area contributed by atoms with Crippen LogP contribution in [0, 0.1) is 0 Å². The van der Waals surface area contributed by atoms with Gasteiger partial charge in [-0.05, 0) is 50.1 Å². The van der Waals surface area contributed by atoms with E-state index in [2.05, 4.69) is 62.6 Å². The van der Waals surface area contributed by atoms with Crippen molar-refractivity contribution in [3.8, 4) is 0 Å². The highest BCUT2D eigenvalue weighted by molar-refractivity contribution is 14.0. The Morgan fingerprint density at radius 2 is 1.96 bits per heavy atom. The first-order valence-corrected chi connectivity index (χ1v) is 10.3. The van der Waals surface area contributed by atoms with Crippen LogP contribution in [0.15, 0.2) is 35.3 Å². The van der Waals surface area contributed by atoms with E-state index in [1.807, 2.05) is 7.05 Å². The van der Waals surface area contributed by atoms with Gasteiger partial charge in [0.2, 0.25) is 0 Å². The summed E-state index contributed by atoms with van der Waals surface area (Å²) in [6.45, 7) is 4.32. The lowest BCUT2D eigenvalue weighted by molar-refractivity contribution is 0.245. The van der Waals surface area contributed by atoms with E-state index in [-0.39, 0.29) is 24.0 Å². The summed E-state index contributed by atoms with van der Waals surface area (Å²) in [6, 6.07) is 11.3. The molecule has 2 heterocycles. The van der Waals surface area contributed by atoms with Gasteiger partial charge in [0.25, 0.3) is 0 Å². The topological polar surface area (TPSA) is 39.7 Å². The fraction of sp³-hybridized carbons (Fsp3) is 0.632. The largest absolute Gasteiger partial charge is 0.355 e. The summed E-state index contributed by atoms with van der Waals surface area (Å²) in [5.41, 5.74) is 1.40. The van der Waals surface area contributed by atoms with E-state index < -0.39 is 0 Å². The highest BCUT2D eigenvalue weighted by atomic mass is 127. The van der Waals surface area contributed by atoms with Crippen molar-refractivity contribution in [2.24, 2.45) is 4.99 Å². The molecule has 0 radical (unpaired) electrons. The van der Waals surface area contributed by atoms with E-state index in [1.54, 1.807) is 0 Å². The highest BCUT2D eigenvalue weighted by Gasteiger charge is 2.23. The first-order valence-electron chi connectivity index (χ1n) is 9.22. The summed E-state index contributed by atoms with van der Waals surface area (Å²) in [5, 5.41) is 7.81. The van der Waals surface area contributed by atoms with Crippen LogP contribution >= 0.6 is 35.7 Å². The fourth-order valence-electron chi connectivity index (χ4n) is 3.62.